The van der Waals surface area contributed by atoms with Gasteiger partial charge in [-0.2, -0.15) is 0 Å². The summed E-state index contributed by atoms with van der Waals surface area (Å²) in [5.41, 5.74) is -2.50. The Bertz CT molecular complexity index is 1650. The molecule has 0 aliphatic carbocycles. The van der Waals surface area contributed by atoms with E-state index >= 15 is 0 Å². The lowest BCUT2D eigenvalue weighted by Crippen LogP contribution is -2.59. The summed E-state index contributed by atoms with van der Waals surface area (Å²) in [5, 5.41) is 32.5. The molecule has 4 rings (SSSR count). The van der Waals surface area contributed by atoms with Crippen LogP contribution >= 0.6 is 0 Å². The number of benzene rings is 4. The van der Waals surface area contributed by atoms with Crippen molar-refractivity contribution in [2.75, 3.05) is 0 Å². The van der Waals surface area contributed by atoms with Crippen LogP contribution in [-0.2, 0) is 22.6 Å². The summed E-state index contributed by atoms with van der Waals surface area (Å²) in [5.74, 6) is -6.49. The average Bonchev–Trinajstić information content (AvgIpc) is 2.97. The monoisotopic (exact) mass is 574 g/mol. The second kappa shape index (κ2) is 12.4. The van der Waals surface area contributed by atoms with Crippen molar-refractivity contribution in [3.05, 3.63) is 136 Å². The Labute approximate surface area is 238 Å². The number of aliphatic carboxylic acids is 2. The Balaban J connectivity index is 1.90. The fourth-order valence-electron chi connectivity index (χ4n) is 4.75. The Morgan fingerprint density at radius 2 is 1.36 bits per heavy atom. The molecule has 1 atom stereocenters. The van der Waals surface area contributed by atoms with Crippen LogP contribution in [0.4, 0.5) is 14.5 Å². The lowest BCUT2D eigenvalue weighted by atomic mass is 9.84. The zero-order valence-electron chi connectivity index (χ0n) is 21.9. The number of amides is 1. The Kier molecular flexibility index (Phi) is 8.70. The largest absolute Gasteiger partial charge is 0.481 e. The van der Waals surface area contributed by atoms with Crippen molar-refractivity contribution in [3.63, 3.8) is 0 Å². The van der Waals surface area contributed by atoms with E-state index in [0.29, 0.717) is 11.1 Å². The van der Waals surface area contributed by atoms with Crippen molar-refractivity contribution >= 4 is 23.5 Å². The van der Waals surface area contributed by atoms with Crippen LogP contribution in [0.2, 0.25) is 0 Å². The predicted octanol–water partition coefficient (Wildman–Crippen LogP) is 5.72. The van der Waals surface area contributed by atoms with E-state index < -0.39 is 64.0 Å². The normalized spacial score (nSPS) is 12.2. The molecule has 0 fully saturated rings. The van der Waals surface area contributed by atoms with E-state index in [1.165, 1.54) is 12.1 Å². The van der Waals surface area contributed by atoms with Crippen LogP contribution in [0, 0.1) is 21.7 Å². The average molecular weight is 575 g/mol. The van der Waals surface area contributed by atoms with Gasteiger partial charge in [-0.05, 0) is 40.5 Å². The Hall–Kier alpha value is -5.45. The maximum absolute atomic E-state index is 14.2. The van der Waals surface area contributed by atoms with Crippen LogP contribution in [0.1, 0.15) is 27.9 Å². The van der Waals surface area contributed by atoms with E-state index in [2.05, 4.69) is 0 Å². The van der Waals surface area contributed by atoms with E-state index in [1.807, 2.05) is 0 Å². The summed E-state index contributed by atoms with van der Waals surface area (Å²) < 4.78 is 27.3. The molecule has 0 bridgehead atoms. The summed E-state index contributed by atoms with van der Waals surface area (Å²) in [4.78, 5) is 51.4. The molecule has 0 unspecified atom stereocenters. The summed E-state index contributed by atoms with van der Waals surface area (Å²) in [6.07, 6.45) is -1.41. The molecule has 0 spiro atoms. The number of nitrogens with zero attached hydrogens (tertiary/aromatic N) is 2. The zero-order valence-corrected chi connectivity index (χ0v) is 21.9. The van der Waals surface area contributed by atoms with E-state index in [9.17, 15) is 43.5 Å². The molecule has 2 N–H and O–H groups in total. The van der Waals surface area contributed by atoms with Crippen molar-refractivity contribution in [1.29, 1.82) is 0 Å². The van der Waals surface area contributed by atoms with E-state index in [-0.39, 0.29) is 17.7 Å². The van der Waals surface area contributed by atoms with Crippen molar-refractivity contribution in [2.45, 2.75) is 24.9 Å². The molecule has 0 aliphatic rings. The molecule has 0 saturated carbocycles. The van der Waals surface area contributed by atoms with Gasteiger partial charge in [0.1, 0.15) is 5.56 Å². The Morgan fingerprint density at radius 3 is 1.90 bits per heavy atom. The third-order valence-corrected chi connectivity index (χ3v) is 6.80. The van der Waals surface area contributed by atoms with Crippen molar-refractivity contribution in [2.24, 2.45) is 0 Å². The van der Waals surface area contributed by atoms with Gasteiger partial charge in [-0.3, -0.25) is 19.7 Å². The number of carboxylic acids is 2. The zero-order chi connectivity index (χ0) is 30.4. The molecule has 0 aromatic heterocycles. The molecular formula is C31H24F2N2O7. The Morgan fingerprint density at radius 1 is 0.786 bits per heavy atom. The second-order valence-electron chi connectivity index (χ2n) is 9.56. The molecule has 4 aromatic carbocycles. The number of carboxylic acid groups (broad SMARTS) is 2. The highest BCUT2D eigenvalue weighted by Gasteiger charge is 2.49. The van der Waals surface area contributed by atoms with Crippen LogP contribution in [0.3, 0.4) is 0 Å². The highest BCUT2D eigenvalue weighted by Crippen LogP contribution is 2.34. The molecule has 42 heavy (non-hydrogen) atoms. The highest BCUT2D eigenvalue weighted by atomic mass is 19.2. The van der Waals surface area contributed by atoms with Gasteiger partial charge in [-0.1, -0.05) is 72.8 Å². The first-order valence-electron chi connectivity index (χ1n) is 12.6. The summed E-state index contributed by atoms with van der Waals surface area (Å²) in [6.45, 7) is -0.381. The third-order valence-electron chi connectivity index (χ3n) is 6.80. The first-order chi connectivity index (χ1) is 20.0. The number of hydrogen-bond acceptors (Lipinski definition) is 5. The van der Waals surface area contributed by atoms with Gasteiger partial charge < -0.3 is 15.1 Å². The third kappa shape index (κ3) is 6.30. The van der Waals surface area contributed by atoms with Crippen LogP contribution in [0.25, 0.3) is 11.1 Å². The first kappa shape index (κ1) is 29.5. The molecule has 0 aliphatic heterocycles. The SMILES string of the molecule is O=C(O)C[C@](Cc1ccccc1)(C(=O)O)N(Cc1ccccc1)C(=O)c1ccc(-c2ccc(F)c(F)c2)cc1[N+](=O)[O-]. The van der Waals surface area contributed by atoms with E-state index in [0.717, 1.165) is 29.2 Å². The number of hydrogen-bond donors (Lipinski definition) is 2. The molecule has 1 amide bonds. The molecule has 11 heteroatoms. The molecule has 214 valence electrons. The van der Waals surface area contributed by atoms with Gasteiger partial charge in [-0.15, -0.1) is 0 Å². The second-order valence-corrected chi connectivity index (χ2v) is 9.56. The minimum atomic E-state index is -2.35. The maximum Gasteiger partial charge on any atom is 0.330 e. The van der Waals surface area contributed by atoms with Crippen LogP contribution < -0.4 is 0 Å². The number of nitro groups is 1. The molecular weight excluding hydrogens is 550 g/mol. The highest BCUT2D eigenvalue weighted by molar-refractivity contribution is 6.02. The number of carbonyl (C=O) groups excluding carboxylic acids is 1. The molecule has 0 radical (unpaired) electrons. The lowest BCUT2D eigenvalue weighted by molar-refractivity contribution is -0.385. The number of halogens is 2. The summed E-state index contributed by atoms with van der Waals surface area (Å²) >= 11 is 0. The number of nitro benzene ring substituents is 1. The summed E-state index contributed by atoms with van der Waals surface area (Å²) in [6, 6.07) is 22.6. The van der Waals surface area contributed by atoms with Crippen molar-refractivity contribution in [3.8, 4) is 11.1 Å². The molecule has 0 heterocycles. The first-order valence-corrected chi connectivity index (χ1v) is 12.6. The fraction of sp³-hybridized carbons (Fsp3) is 0.129. The van der Waals surface area contributed by atoms with Gasteiger partial charge in [0.2, 0.25) is 0 Å². The van der Waals surface area contributed by atoms with Gasteiger partial charge in [-0.25, -0.2) is 13.6 Å². The van der Waals surface area contributed by atoms with Crippen LogP contribution in [-0.4, -0.2) is 43.4 Å². The minimum absolute atomic E-state index is 0.103. The van der Waals surface area contributed by atoms with Gasteiger partial charge in [0.15, 0.2) is 17.2 Å². The van der Waals surface area contributed by atoms with Gasteiger partial charge in [0.25, 0.3) is 11.6 Å². The molecule has 9 nitrogen and oxygen atoms in total. The van der Waals surface area contributed by atoms with Gasteiger partial charge in [0.05, 0.1) is 11.3 Å². The molecule has 4 aromatic rings. The van der Waals surface area contributed by atoms with Crippen molar-refractivity contribution in [1.82, 2.24) is 4.90 Å². The van der Waals surface area contributed by atoms with Crippen LogP contribution in [0.5, 0.6) is 0 Å². The lowest BCUT2D eigenvalue weighted by Gasteiger charge is -2.40. The van der Waals surface area contributed by atoms with Crippen molar-refractivity contribution < 1.29 is 38.3 Å². The molecule has 0 saturated heterocycles. The maximum atomic E-state index is 14.2. The summed E-state index contributed by atoms with van der Waals surface area (Å²) in [7, 11) is 0. The van der Waals surface area contributed by atoms with E-state index in [4.69, 9.17) is 0 Å². The number of carbonyl (C=O) groups is 3. The quantitative estimate of drug-likeness (QED) is 0.173. The predicted molar refractivity (Wildman–Crippen MR) is 148 cm³/mol. The minimum Gasteiger partial charge on any atom is -0.481 e. The van der Waals surface area contributed by atoms with E-state index in [1.54, 1.807) is 60.7 Å². The standard InChI is InChI=1S/C31H24F2N2O7/c32-25-14-12-22(15-26(25)33)23-11-13-24(27(16-23)35(41)42)29(38)34(19-21-9-5-2-6-10-21)31(30(39)40,18-28(36)37)17-20-7-3-1-4-8-20/h1-16H,17-19H2,(H,36,37)(H,39,40)/t31-/m1/s1. The topological polar surface area (TPSA) is 138 Å². The smallest absolute Gasteiger partial charge is 0.330 e. The number of rotatable bonds is 11. The van der Waals surface area contributed by atoms with Gasteiger partial charge >= 0.3 is 11.9 Å². The fourth-order valence-corrected chi connectivity index (χ4v) is 4.75. The van der Waals surface area contributed by atoms with Gasteiger partial charge in [0, 0.05) is 19.0 Å². The van der Waals surface area contributed by atoms with Crippen LogP contribution in [0.15, 0.2) is 97.1 Å².